The number of carbonyl (C=O) groups is 2. The number of pyridine rings is 1. The van der Waals surface area contributed by atoms with Gasteiger partial charge in [0, 0.05) is 29.2 Å². The second kappa shape index (κ2) is 5.97. The molecule has 1 aromatic heterocycles. The Morgan fingerprint density at radius 3 is 2.59 bits per heavy atom. The van der Waals surface area contributed by atoms with E-state index in [1.165, 1.54) is 6.20 Å². The van der Waals surface area contributed by atoms with Gasteiger partial charge in [-0.1, -0.05) is 6.07 Å². The molecule has 1 aromatic carbocycles. The summed E-state index contributed by atoms with van der Waals surface area (Å²) in [5.74, 6) is -0.345. The molecule has 22 heavy (non-hydrogen) atoms. The molecule has 0 unspecified atom stereocenters. The van der Waals surface area contributed by atoms with E-state index in [1.54, 1.807) is 36.4 Å². The third-order valence-corrected chi connectivity index (χ3v) is 3.47. The molecule has 5 heteroatoms. The van der Waals surface area contributed by atoms with Gasteiger partial charge in [0.05, 0.1) is 5.56 Å². The summed E-state index contributed by atoms with van der Waals surface area (Å²) < 4.78 is 0. The summed E-state index contributed by atoms with van der Waals surface area (Å²) in [6.45, 7) is 1.86. The lowest BCUT2D eigenvalue weighted by Crippen LogP contribution is -2.25. The summed E-state index contributed by atoms with van der Waals surface area (Å²) in [5, 5.41) is 5.71. The lowest BCUT2D eigenvalue weighted by molar-refractivity contribution is 0.0949. The fraction of sp³-hybridized carbons (Fsp3) is 0.235. The summed E-state index contributed by atoms with van der Waals surface area (Å²) in [7, 11) is 0. The van der Waals surface area contributed by atoms with Crippen molar-refractivity contribution in [3.63, 3.8) is 0 Å². The quantitative estimate of drug-likeness (QED) is 0.910. The van der Waals surface area contributed by atoms with Crippen molar-refractivity contribution in [2.75, 3.05) is 5.32 Å². The third-order valence-electron chi connectivity index (χ3n) is 3.47. The van der Waals surface area contributed by atoms with Gasteiger partial charge in [0.15, 0.2) is 0 Å². The van der Waals surface area contributed by atoms with Crippen LogP contribution < -0.4 is 10.6 Å². The van der Waals surface area contributed by atoms with E-state index in [0.29, 0.717) is 22.9 Å². The second-order valence-corrected chi connectivity index (χ2v) is 5.47. The first kappa shape index (κ1) is 14.3. The minimum absolute atomic E-state index is 0.101. The summed E-state index contributed by atoms with van der Waals surface area (Å²) in [5.41, 5.74) is 2.48. The highest BCUT2D eigenvalue weighted by Crippen LogP contribution is 2.20. The number of nitrogens with zero attached hydrogens (tertiary/aromatic N) is 1. The Kier molecular flexibility index (Phi) is 3.87. The van der Waals surface area contributed by atoms with E-state index in [0.717, 1.165) is 18.5 Å². The molecule has 112 valence electrons. The molecule has 2 aromatic rings. The monoisotopic (exact) mass is 295 g/mol. The molecule has 0 radical (unpaired) electrons. The molecular formula is C17H17N3O2. The third kappa shape index (κ3) is 3.49. The van der Waals surface area contributed by atoms with Gasteiger partial charge in [-0.2, -0.15) is 0 Å². The zero-order valence-electron chi connectivity index (χ0n) is 12.3. The van der Waals surface area contributed by atoms with Gasteiger partial charge in [0.1, 0.15) is 0 Å². The van der Waals surface area contributed by atoms with Crippen molar-refractivity contribution in [3.8, 4) is 0 Å². The molecule has 5 nitrogen and oxygen atoms in total. The van der Waals surface area contributed by atoms with Crippen LogP contribution in [0.15, 0.2) is 42.6 Å². The van der Waals surface area contributed by atoms with Crippen LogP contribution in [-0.4, -0.2) is 22.8 Å². The SMILES string of the molecule is Cc1ccc(C(=O)Nc2cccc(C(=O)NC3CC3)c2)cn1. The van der Waals surface area contributed by atoms with Crippen LogP contribution in [0.3, 0.4) is 0 Å². The van der Waals surface area contributed by atoms with E-state index in [2.05, 4.69) is 15.6 Å². The highest BCUT2D eigenvalue weighted by molar-refractivity contribution is 6.05. The van der Waals surface area contributed by atoms with E-state index in [9.17, 15) is 9.59 Å². The topological polar surface area (TPSA) is 71.1 Å². The Balaban J connectivity index is 1.70. The Bertz CT molecular complexity index is 706. The van der Waals surface area contributed by atoms with Crippen LogP contribution in [0.25, 0.3) is 0 Å². The first-order valence-corrected chi connectivity index (χ1v) is 7.27. The van der Waals surface area contributed by atoms with E-state index in [-0.39, 0.29) is 11.8 Å². The molecule has 1 heterocycles. The average Bonchev–Trinajstić information content (AvgIpc) is 3.32. The van der Waals surface area contributed by atoms with Crippen LogP contribution in [0.1, 0.15) is 39.3 Å². The fourth-order valence-corrected chi connectivity index (χ4v) is 2.04. The van der Waals surface area contributed by atoms with Crippen molar-refractivity contribution in [1.29, 1.82) is 0 Å². The molecule has 2 N–H and O–H groups in total. The van der Waals surface area contributed by atoms with Gasteiger partial charge in [0.25, 0.3) is 11.8 Å². The van der Waals surface area contributed by atoms with Crippen LogP contribution in [0.4, 0.5) is 5.69 Å². The van der Waals surface area contributed by atoms with Crippen LogP contribution >= 0.6 is 0 Å². The molecule has 0 bridgehead atoms. The number of rotatable bonds is 4. The largest absolute Gasteiger partial charge is 0.349 e. The number of aromatic nitrogens is 1. The van der Waals surface area contributed by atoms with Crippen molar-refractivity contribution in [2.45, 2.75) is 25.8 Å². The number of hydrogen-bond acceptors (Lipinski definition) is 3. The van der Waals surface area contributed by atoms with E-state index in [1.807, 2.05) is 6.92 Å². The number of amides is 2. The maximum Gasteiger partial charge on any atom is 0.257 e. The minimum atomic E-state index is -0.243. The van der Waals surface area contributed by atoms with E-state index >= 15 is 0 Å². The van der Waals surface area contributed by atoms with Crippen molar-refractivity contribution in [2.24, 2.45) is 0 Å². The summed E-state index contributed by atoms with van der Waals surface area (Å²) in [4.78, 5) is 28.3. The van der Waals surface area contributed by atoms with Gasteiger partial charge in [0.2, 0.25) is 0 Å². The minimum Gasteiger partial charge on any atom is -0.349 e. The lowest BCUT2D eigenvalue weighted by Gasteiger charge is -2.08. The molecule has 2 amide bonds. The van der Waals surface area contributed by atoms with Crippen molar-refractivity contribution in [3.05, 3.63) is 59.4 Å². The molecule has 1 saturated carbocycles. The van der Waals surface area contributed by atoms with Gasteiger partial charge in [-0.05, 0) is 50.1 Å². The Hall–Kier alpha value is -2.69. The lowest BCUT2D eigenvalue weighted by atomic mass is 10.1. The summed E-state index contributed by atoms with van der Waals surface area (Å²) in [6.07, 6.45) is 3.62. The standard InChI is InChI=1S/C17H17N3O2/c1-11-5-6-13(10-18-11)17(22)20-15-4-2-3-12(9-15)16(21)19-14-7-8-14/h2-6,9-10,14H,7-8H2,1H3,(H,19,21)(H,20,22). The Morgan fingerprint density at radius 1 is 1.09 bits per heavy atom. The van der Waals surface area contributed by atoms with Gasteiger partial charge in [-0.3, -0.25) is 14.6 Å². The number of anilines is 1. The van der Waals surface area contributed by atoms with Crippen molar-refractivity contribution >= 4 is 17.5 Å². The second-order valence-electron chi connectivity index (χ2n) is 5.47. The maximum atomic E-state index is 12.1. The predicted molar refractivity (Wildman–Crippen MR) is 83.9 cm³/mol. The molecule has 3 rings (SSSR count). The number of aryl methyl sites for hydroxylation is 1. The van der Waals surface area contributed by atoms with Gasteiger partial charge in [-0.25, -0.2) is 0 Å². The summed E-state index contributed by atoms with van der Waals surface area (Å²) in [6, 6.07) is 10.7. The molecule has 0 saturated heterocycles. The number of carbonyl (C=O) groups excluding carboxylic acids is 2. The summed E-state index contributed by atoms with van der Waals surface area (Å²) >= 11 is 0. The van der Waals surface area contributed by atoms with Crippen molar-refractivity contribution < 1.29 is 9.59 Å². The molecule has 0 atom stereocenters. The van der Waals surface area contributed by atoms with Gasteiger partial charge < -0.3 is 10.6 Å². The first-order chi connectivity index (χ1) is 10.6. The first-order valence-electron chi connectivity index (χ1n) is 7.27. The van der Waals surface area contributed by atoms with E-state index in [4.69, 9.17) is 0 Å². The zero-order chi connectivity index (χ0) is 15.5. The van der Waals surface area contributed by atoms with Crippen LogP contribution in [0.2, 0.25) is 0 Å². The number of hydrogen-bond donors (Lipinski definition) is 2. The Labute approximate surface area is 128 Å². The van der Waals surface area contributed by atoms with Crippen LogP contribution in [0, 0.1) is 6.92 Å². The van der Waals surface area contributed by atoms with Gasteiger partial charge >= 0.3 is 0 Å². The van der Waals surface area contributed by atoms with Gasteiger partial charge in [-0.15, -0.1) is 0 Å². The van der Waals surface area contributed by atoms with E-state index < -0.39 is 0 Å². The predicted octanol–water partition coefficient (Wildman–Crippen LogP) is 2.53. The highest BCUT2D eigenvalue weighted by Gasteiger charge is 2.23. The smallest absolute Gasteiger partial charge is 0.257 e. The zero-order valence-corrected chi connectivity index (χ0v) is 12.3. The molecule has 1 aliphatic carbocycles. The average molecular weight is 295 g/mol. The Morgan fingerprint density at radius 2 is 1.91 bits per heavy atom. The van der Waals surface area contributed by atoms with Crippen LogP contribution in [0.5, 0.6) is 0 Å². The molecule has 0 spiro atoms. The number of nitrogens with one attached hydrogen (secondary N) is 2. The maximum absolute atomic E-state index is 12.1. The molecule has 0 aliphatic heterocycles. The fourth-order valence-electron chi connectivity index (χ4n) is 2.04. The van der Waals surface area contributed by atoms with Crippen LogP contribution in [-0.2, 0) is 0 Å². The molecular weight excluding hydrogens is 278 g/mol. The molecule has 1 aliphatic rings. The van der Waals surface area contributed by atoms with Crippen molar-refractivity contribution in [1.82, 2.24) is 10.3 Å². The number of benzene rings is 1. The molecule has 1 fully saturated rings. The normalized spacial score (nSPS) is 13.5. The highest BCUT2D eigenvalue weighted by atomic mass is 16.2.